The molecule has 2 heterocycles. The molecule has 184 valence electrons. The maximum atomic E-state index is 15.3. The third-order valence-electron chi connectivity index (χ3n) is 6.38. The van der Waals surface area contributed by atoms with Gasteiger partial charge in [0.2, 0.25) is 11.7 Å². The lowest BCUT2D eigenvalue weighted by Gasteiger charge is -2.40. The van der Waals surface area contributed by atoms with Crippen molar-refractivity contribution in [2.24, 2.45) is 11.8 Å². The standard InChI is InChI=1S/C21H34FN7O4/c1-13-24-18(17(22)19(25-13)29-8-7-28(2)11-16(29)12-30)26-27-20(31)15(10-23-21(32)33)9-14-5-3-4-6-14/h14-16,23,30H,3-12H2,1-2H3,(H,27,31)(H,32,33)(H,24,25,26)/t15-,16-/m1/s1. The van der Waals surface area contributed by atoms with Gasteiger partial charge < -0.3 is 25.3 Å². The van der Waals surface area contributed by atoms with Gasteiger partial charge in [-0.15, -0.1) is 0 Å². The lowest BCUT2D eigenvalue weighted by Crippen LogP contribution is -2.54. The van der Waals surface area contributed by atoms with E-state index in [1.807, 2.05) is 7.05 Å². The number of rotatable bonds is 9. The van der Waals surface area contributed by atoms with Gasteiger partial charge in [-0.25, -0.2) is 14.8 Å². The molecule has 5 N–H and O–H groups in total. The highest BCUT2D eigenvalue weighted by Gasteiger charge is 2.30. The third kappa shape index (κ3) is 6.64. The number of anilines is 2. The number of nitrogens with one attached hydrogen (secondary N) is 3. The number of carbonyl (C=O) groups is 2. The molecule has 0 unspecified atom stereocenters. The first-order valence-electron chi connectivity index (χ1n) is 11.4. The van der Waals surface area contributed by atoms with Crippen LogP contribution in [-0.4, -0.2) is 83.0 Å². The predicted molar refractivity (Wildman–Crippen MR) is 120 cm³/mol. The molecule has 1 aromatic heterocycles. The molecule has 1 aliphatic carbocycles. The molecular formula is C21H34FN7O4. The van der Waals surface area contributed by atoms with E-state index in [9.17, 15) is 14.7 Å². The molecule has 12 heteroatoms. The summed E-state index contributed by atoms with van der Waals surface area (Å²) < 4.78 is 15.3. The lowest BCUT2D eigenvalue weighted by atomic mass is 9.92. The van der Waals surface area contributed by atoms with Crippen LogP contribution >= 0.6 is 0 Å². The molecule has 0 spiro atoms. The first kappa shape index (κ1) is 24.9. The number of likely N-dealkylation sites (N-methyl/N-ethyl adjacent to an activating group) is 1. The maximum absolute atomic E-state index is 15.3. The van der Waals surface area contributed by atoms with Crippen LogP contribution < -0.4 is 21.1 Å². The lowest BCUT2D eigenvalue weighted by molar-refractivity contribution is -0.124. The Morgan fingerprint density at radius 3 is 2.64 bits per heavy atom. The SMILES string of the molecule is Cc1nc(NNC(=O)[C@@H](CNC(=O)O)CC2CCCC2)c(F)c(N2CCN(C)C[C@@H]2CO)n1. The van der Waals surface area contributed by atoms with Crippen LogP contribution in [0, 0.1) is 24.6 Å². The summed E-state index contributed by atoms with van der Waals surface area (Å²) in [4.78, 5) is 35.8. The van der Waals surface area contributed by atoms with Crippen LogP contribution in [0.25, 0.3) is 0 Å². The Bertz CT molecular complexity index is 837. The van der Waals surface area contributed by atoms with Gasteiger partial charge in [0.15, 0.2) is 11.6 Å². The molecule has 0 radical (unpaired) electrons. The summed E-state index contributed by atoms with van der Waals surface area (Å²) >= 11 is 0. The first-order chi connectivity index (χ1) is 15.8. The molecule has 1 aromatic rings. The van der Waals surface area contributed by atoms with E-state index in [2.05, 4.69) is 31.0 Å². The number of carboxylic acid groups (broad SMARTS) is 1. The van der Waals surface area contributed by atoms with E-state index in [1.165, 1.54) is 0 Å². The van der Waals surface area contributed by atoms with Crippen LogP contribution in [0.15, 0.2) is 0 Å². The number of aliphatic hydroxyl groups is 1. The predicted octanol–water partition coefficient (Wildman–Crippen LogP) is 0.944. The van der Waals surface area contributed by atoms with E-state index in [4.69, 9.17) is 5.11 Å². The second kappa shape index (κ2) is 11.4. The van der Waals surface area contributed by atoms with Crippen molar-refractivity contribution >= 4 is 23.6 Å². The van der Waals surface area contributed by atoms with E-state index in [0.29, 0.717) is 37.8 Å². The monoisotopic (exact) mass is 467 g/mol. The number of aryl methyl sites for hydroxylation is 1. The summed E-state index contributed by atoms with van der Waals surface area (Å²) in [6, 6.07) is -0.312. The van der Waals surface area contributed by atoms with E-state index < -0.39 is 23.7 Å². The number of piperazine rings is 1. The van der Waals surface area contributed by atoms with Crippen molar-refractivity contribution in [3.63, 3.8) is 0 Å². The Labute approximate surface area is 192 Å². The number of nitrogens with zero attached hydrogens (tertiary/aromatic N) is 4. The second-order valence-electron chi connectivity index (χ2n) is 8.93. The van der Waals surface area contributed by atoms with Crippen molar-refractivity contribution < 1.29 is 24.2 Å². The van der Waals surface area contributed by atoms with Crippen LogP contribution in [-0.2, 0) is 4.79 Å². The molecule has 2 aliphatic rings. The van der Waals surface area contributed by atoms with Gasteiger partial charge in [0.05, 0.1) is 18.6 Å². The van der Waals surface area contributed by atoms with Gasteiger partial charge in [-0.05, 0) is 26.3 Å². The molecule has 3 rings (SSSR count). The zero-order valence-corrected chi connectivity index (χ0v) is 19.2. The summed E-state index contributed by atoms with van der Waals surface area (Å²) in [5.41, 5.74) is 5.07. The molecule has 2 amide bonds. The van der Waals surface area contributed by atoms with Crippen molar-refractivity contribution in [1.82, 2.24) is 25.6 Å². The number of aromatic nitrogens is 2. The number of hydrogen-bond acceptors (Lipinski definition) is 8. The Morgan fingerprint density at radius 1 is 1.24 bits per heavy atom. The number of halogens is 1. The highest BCUT2D eigenvalue weighted by atomic mass is 19.1. The van der Waals surface area contributed by atoms with Crippen LogP contribution in [0.1, 0.15) is 37.9 Å². The highest BCUT2D eigenvalue weighted by Crippen LogP contribution is 2.30. The average molecular weight is 468 g/mol. The topological polar surface area (TPSA) is 143 Å². The van der Waals surface area contributed by atoms with Crippen molar-refractivity contribution in [3.8, 4) is 0 Å². The van der Waals surface area contributed by atoms with Crippen molar-refractivity contribution in [2.45, 2.75) is 45.1 Å². The zero-order valence-electron chi connectivity index (χ0n) is 19.2. The smallest absolute Gasteiger partial charge is 0.404 e. The van der Waals surface area contributed by atoms with Gasteiger partial charge in [-0.1, -0.05) is 25.7 Å². The average Bonchev–Trinajstić information content (AvgIpc) is 3.29. The van der Waals surface area contributed by atoms with E-state index >= 15 is 4.39 Å². The molecule has 33 heavy (non-hydrogen) atoms. The van der Waals surface area contributed by atoms with E-state index in [-0.39, 0.29) is 30.8 Å². The molecule has 0 bridgehead atoms. The fourth-order valence-corrected chi connectivity index (χ4v) is 4.63. The Kier molecular flexibility index (Phi) is 8.61. The molecule has 2 atom stereocenters. The molecule has 2 fully saturated rings. The number of hydrazine groups is 1. The Balaban J connectivity index is 1.71. The van der Waals surface area contributed by atoms with E-state index in [1.54, 1.807) is 11.8 Å². The fourth-order valence-electron chi connectivity index (χ4n) is 4.63. The van der Waals surface area contributed by atoms with Crippen LogP contribution in [0.3, 0.4) is 0 Å². The molecule has 1 aliphatic heterocycles. The summed E-state index contributed by atoms with van der Waals surface area (Å²) in [6.07, 6.45) is 3.62. The summed E-state index contributed by atoms with van der Waals surface area (Å²) in [6.45, 7) is 3.21. The minimum atomic E-state index is -1.19. The van der Waals surface area contributed by atoms with Gasteiger partial charge >= 0.3 is 6.09 Å². The molecule has 11 nitrogen and oxygen atoms in total. The quantitative estimate of drug-likeness (QED) is 0.335. The highest BCUT2D eigenvalue weighted by molar-refractivity contribution is 5.80. The second-order valence-corrected chi connectivity index (χ2v) is 8.93. The largest absolute Gasteiger partial charge is 0.465 e. The summed E-state index contributed by atoms with van der Waals surface area (Å²) in [7, 11) is 1.94. The first-order valence-corrected chi connectivity index (χ1v) is 11.4. The minimum absolute atomic E-state index is 0.0185. The normalized spacial score (nSPS) is 20.5. The fraction of sp³-hybridized carbons (Fsp3) is 0.714. The van der Waals surface area contributed by atoms with Gasteiger partial charge in [0, 0.05) is 26.2 Å². The third-order valence-corrected chi connectivity index (χ3v) is 6.38. The molecule has 1 saturated heterocycles. The van der Waals surface area contributed by atoms with Gasteiger partial charge in [-0.3, -0.25) is 15.6 Å². The minimum Gasteiger partial charge on any atom is -0.465 e. The number of aliphatic hydroxyl groups excluding tert-OH is 1. The van der Waals surface area contributed by atoms with Crippen molar-refractivity contribution in [1.29, 1.82) is 0 Å². The van der Waals surface area contributed by atoms with Crippen LogP contribution in [0.5, 0.6) is 0 Å². The van der Waals surface area contributed by atoms with Gasteiger partial charge in [0.25, 0.3) is 0 Å². The zero-order chi connectivity index (χ0) is 24.0. The van der Waals surface area contributed by atoms with Crippen LogP contribution in [0.2, 0.25) is 0 Å². The molecular weight excluding hydrogens is 433 g/mol. The number of hydrogen-bond donors (Lipinski definition) is 5. The number of carbonyl (C=O) groups excluding carboxylic acids is 1. The van der Waals surface area contributed by atoms with Gasteiger partial charge in [0.1, 0.15) is 5.82 Å². The van der Waals surface area contributed by atoms with E-state index in [0.717, 1.165) is 25.7 Å². The number of amides is 2. The Hall–Kier alpha value is -2.73. The van der Waals surface area contributed by atoms with Crippen molar-refractivity contribution in [2.75, 3.05) is 50.2 Å². The summed E-state index contributed by atoms with van der Waals surface area (Å²) in [5, 5.41) is 21.0. The van der Waals surface area contributed by atoms with Crippen LogP contribution in [0.4, 0.5) is 20.8 Å². The Morgan fingerprint density at radius 2 is 1.97 bits per heavy atom. The summed E-state index contributed by atoms with van der Waals surface area (Å²) in [5.74, 6) is -1.16. The van der Waals surface area contributed by atoms with Gasteiger partial charge in [-0.2, -0.15) is 4.39 Å². The molecule has 0 aromatic carbocycles. The van der Waals surface area contributed by atoms with Crippen molar-refractivity contribution in [3.05, 3.63) is 11.6 Å². The maximum Gasteiger partial charge on any atom is 0.404 e. The molecule has 1 saturated carbocycles.